The Labute approximate surface area is 182 Å². The molecule has 0 spiro atoms. The zero-order valence-electron chi connectivity index (χ0n) is 16.6. The molecule has 0 aliphatic carbocycles. The molecule has 0 aliphatic rings. The molecule has 0 saturated heterocycles. The van der Waals surface area contributed by atoms with Crippen molar-refractivity contribution in [3.05, 3.63) is 94.0 Å². The second-order valence-electron chi connectivity index (χ2n) is 6.89. The van der Waals surface area contributed by atoms with Crippen LogP contribution in [0.5, 0.6) is 0 Å². The highest BCUT2D eigenvalue weighted by atomic mass is 35.5. The summed E-state index contributed by atoms with van der Waals surface area (Å²) >= 11 is 12.1. The van der Waals surface area contributed by atoms with Crippen molar-refractivity contribution < 1.29 is 5.11 Å². The van der Waals surface area contributed by atoms with Crippen LogP contribution < -0.4 is 10.2 Å². The fraction of sp³-hybridized carbons (Fsp3) is 0.250. The highest BCUT2D eigenvalue weighted by Gasteiger charge is 2.23. The van der Waals surface area contributed by atoms with E-state index in [-0.39, 0.29) is 6.04 Å². The molecule has 0 heterocycles. The van der Waals surface area contributed by atoms with Crippen molar-refractivity contribution in [1.29, 1.82) is 0 Å². The number of aliphatic hydroxyl groups is 1. The Morgan fingerprint density at radius 3 is 1.72 bits per heavy atom. The smallest absolute Gasteiger partial charge is 0.103 e. The molecule has 5 heteroatoms. The third-order valence-corrected chi connectivity index (χ3v) is 5.58. The first-order chi connectivity index (χ1) is 14.0. The van der Waals surface area contributed by atoms with Gasteiger partial charge in [-0.1, -0.05) is 47.5 Å². The topological polar surface area (TPSA) is 35.5 Å². The molecule has 29 heavy (non-hydrogen) atoms. The summed E-state index contributed by atoms with van der Waals surface area (Å²) in [6.07, 6.45) is -0.754. The van der Waals surface area contributed by atoms with Crippen molar-refractivity contribution in [2.24, 2.45) is 0 Å². The van der Waals surface area contributed by atoms with E-state index in [9.17, 15) is 5.11 Å². The Bertz CT molecular complexity index is 892. The Morgan fingerprint density at radius 2 is 1.24 bits per heavy atom. The van der Waals surface area contributed by atoms with Gasteiger partial charge in [0.2, 0.25) is 0 Å². The zero-order chi connectivity index (χ0) is 20.8. The number of hydrogen-bond acceptors (Lipinski definition) is 3. The molecule has 3 aromatic rings. The number of hydrogen-bond donors (Lipinski definition) is 2. The van der Waals surface area contributed by atoms with Gasteiger partial charge in [0.25, 0.3) is 0 Å². The first kappa shape index (κ1) is 21.5. The lowest BCUT2D eigenvalue weighted by Gasteiger charge is -2.27. The van der Waals surface area contributed by atoms with Crippen LogP contribution in [0.15, 0.2) is 72.8 Å². The standard InChI is InChI=1S/C24H26Cl2N2O/c1-3-28(4-2)22-15-13-21(14-16-22)27-23(17-5-9-19(25)10-6-17)24(29)18-7-11-20(26)12-8-18/h5-16,23-24,27,29H,3-4H2,1-2H3/t23-,24-/m1/s1. The molecule has 3 aromatic carbocycles. The average molecular weight is 429 g/mol. The van der Waals surface area contributed by atoms with Gasteiger partial charge in [0, 0.05) is 34.5 Å². The highest BCUT2D eigenvalue weighted by molar-refractivity contribution is 6.30. The molecule has 0 aromatic heterocycles. The van der Waals surface area contributed by atoms with Crippen LogP contribution in [0.25, 0.3) is 0 Å². The van der Waals surface area contributed by atoms with Crippen LogP contribution in [0.2, 0.25) is 10.0 Å². The van der Waals surface area contributed by atoms with Gasteiger partial charge < -0.3 is 15.3 Å². The third kappa shape index (κ3) is 5.45. The lowest BCUT2D eigenvalue weighted by molar-refractivity contribution is 0.155. The van der Waals surface area contributed by atoms with Crippen LogP contribution in [0.4, 0.5) is 11.4 Å². The van der Waals surface area contributed by atoms with Crippen LogP contribution in [0.1, 0.15) is 37.1 Å². The molecule has 2 atom stereocenters. The maximum absolute atomic E-state index is 11.1. The summed E-state index contributed by atoms with van der Waals surface area (Å²) in [6, 6.07) is 22.8. The van der Waals surface area contributed by atoms with Crippen LogP contribution in [0.3, 0.4) is 0 Å². The van der Waals surface area contributed by atoms with E-state index in [4.69, 9.17) is 23.2 Å². The minimum absolute atomic E-state index is 0.340. The van der Waals surface area contributed by atoms with Gasteiger partial charge in [0.1, 0.15) is 6.10 Å². The Morgan fingerprint density at radius 1 is 0.759 bits per heavy atom. The summed E-state index contributed by atoms with van der Waals surface area (Å²) in [5.74, 6) is 0. The average Bonchev–Trinajstić information content (AvgIpc) is 2.75. The van der Waals surface area contributed by atoms with Gasteiger partial charge in [-0.15, -0.1) is 0 Å². The van der Waals surface area contributed by atoms with E-state index in [0.29, 0.717) is 10.0 Å². The van der Waals surface area contributed by atoms with E-state index in [1.54, 1.807) is 12.1 Å². The summed E-state index contributed by atoms with van der Waals surface area (Å²) in [7, 11) is 0. The minimum Gasteiger partial charge on any atom is -0.386 e. The number of anilines is 2. The van der Waals surface area contributed by atoms with E-state index in [1.165, 1.54) is 5.69 Å². The first-order valence-corrected chi connectivity index (χ1v) is 10.6. The van der Waals surface area contributed by atoms with Crippen LogP contribution >= 0.6 is 23.2 Å². The van der Waals surface area contributed by atoms with Crippen LogP contribution in [0, 0.1) is 0 Å². The highest BCUT2D eigenvalue weighted by Crippen LogP contribution is 2.33. The Balaban J connectivity index is 1.88. The summed E-state index contributed by atoms with van der Waals surface area (Å²) in [5.41, 5.74) is 3.86. The monoisotopic (exact) mass is 428 g/mol. The van der Waals surface area contributed by atoms with Gasteiger partial charge in [-0.2, -0.15) is 0 Å². The lowest BCUT2D eigenvalue weighted by atomic mass is 9.95. The lowest BCUT2D eigenvalue weighted by Crippen LogP contribution is -2.22. The van der Waals surface area contributed by atoms with E-state index in [1.807, 2.05) is 48.5 Å². The van der Waals surface area contributed by atoms with Crippen molar-refractivity contribution in [1.82, 2.24) is 0 Å². The fourth-order valence-electron chi connectivity index (χ4n) is 3.40. The van der Waals surface area contributed by atoms with E-state index < -0.39 is 6.10 Å². The molecular weight excluding hydrogens is 403 g/mol. The summed E-state index contributed by atoms with van der Waals surface area (Å²) in [5, 5.41) is 15.9. The molecule has 0 saturated carbocycles. The first-order valence-electron chi connectivity index (χ1n) is 9.82. The summed E-state index contributed by atoms with van der Waals surface area (Å²) < 4.78 is 0. The molecule has 0 unspecified atom stereocenters. The number of rotatable bonds is 8. The normalized spacial score (nSPS) is 13.0. The number of benzene rings is 3. The van der Waals surface area contributed by atoms with Crippen molar-refractivity contribution >= 4 is 34.6 Å². The molecule has 0 amide bonds. The SMILES string of the molecule is CCN(CC)c1ccc(N[C@H](c2ccc(Cl)cc2)[C@H](O)c2ccc(Cl)cc2)cc1. The predicted molar refractivity (Wildman–Crippen MR) is 124 cm³/mol. The predicted octanol–water partition coefficient (Wildman–Crippen LogP) is 6.73. The van der Waals surface area contributed by atoms with Gasteiger partial charge in [-0.25, -0.2) is 0 Å². The van der Waals surface area contributed by atoms with Gasteiger partial charge in [-0.05, 0) is 73.5 Å². The van der Waals surface area contributed by atoms with Crippen LogP contribution in [-0.2, 0) is 0 Å². The molecule has 0 fully saturated rings. The number of halogens is 2. The summed E-state index contributed by atoms with van der Waals surface area (Å²) in [6.45, 7) is 6.22. The Kier molecular flexibility index (Phi) is 7.43. The number of aliphatic hydroxyl groups excluding tert-OH is 1. The van der Waals surface area contributed by atoms with E-state index in [0.717, 1.165) is 29.9 Å². The van der Waals surface area contributed by atoms with Gasteiger partial charge in [-0.3, -0.25) is 0 Å². The molecule has 2 N–H and O–H groups in total. The van der Waals surface area contributed by atoms with Crippen molar-refractivity contribution in [2.75, 3.05) is 23.3 Å². The van der Waals surface area contributed by atoms with Gasteiger partial charge in [0.15, 0.2) is 0 Å². The number of nitrogens with one attached hydrogen (secondary N) is 1. The van der Waals surface area contributed by atoms with Crippen molar-refractivity contribution in [3.63, 3.8) is 0 Å². The maximum Gasteiger partial charge on any atom is 0.103 e. The quantitative estimate of drug-likeness (QED) is 0.417. The molecule has 3 nitrogen and oxygen atoms in total. The molecular formula is C24H26Cl2N2O. The minimum atomic E-state index is -0.754. The largest absolute Gasteiger partial charge is 0.386 e. The molecule has 3 rings (SSSR count). The molecule has 152 valence electrons. The van der Waals surface area contributed by atoms with Crippen LogP contribution in [-0.4, -0.2) is 18.2 Å². The summed E-state index contributed by atoms with van der Waals surface area (Å²) in [4.78, 5) is 2.29. The van der Waals surface area contributed by atoms with E-state index >= 15 is 0 Å². The van der Waals surface area contributed by atoms with Crippen molar-refractivity contribution in [2.45, 2.75) is 26.0 Å². The third-order valence-electron chi connectivity index (χ3n) is 5.07. The Hall–Kier alpha value is -2.20. The molecule has 0 aliphatic heterocycles. The molecule has 0 radical (unpaired) electrons. The number of nitrogens with zero attached hydrogens (tertiary/aromatic N) is 1. The fourth-order valence-corrected chi connectivity index (χ4v) is 3.66. The maximum atomic E-state index is 11.1. The van der Waals surface area contributed by atoms with Gasteiger partial charge >= 0.3 is 0 Å². The van der Waals surface area contributed by atoms with Gasteiger partial charge in [0.05, 0.1) is 6.04 Å². The zero-order valence-corrected chi connectivity index (χ0v) is 18.2. The van der Waals surface area contributed by atoms with Crippen molar-refractivity contribution in [3.8, 4) is 0 Å². The van der Waals surface area contributed by atoms with E-state index in [2.05, 4.69) is 36.2 Å². The second-order valence-corrected chi connectivity index (χ2v) is 7.76. The molecule has 0 bridgehead atoms. The second kappa shape index (κ2) is 10.0.